The van der Waals surface area contributed by atoms with Crippen molar-refractivity contribution in [3.63, 3.8) is 0 Å². The first-order valence-electron chi connectivity index (χ1n) is 6.81. The zero-order valence-corrected chi connectivity index (χ0v) is 11.0. The quantitative estimate of drug-likeness (QED) is 0.828. The van der Waals surface area contributed by atoms with E-state index in [1.54, 1.807) is 0 Å². The van der Waals surface area contributed by atoms with E-state index in [0.717, 1.165) is 30.8 Å². The van der Waals surface area contributed by atoms with Crippen LogP contribution in [0.4, 0.5) is 11.5 Å². The Hall–Kier alpha value is -2.09. The highest BCUT2D eigenvalue weighted by Gasteiger charge is 2.15. The maximum absolute atomic E-state index is 4.81. The Morgan fingerprint density at radius 2 is 2.05 bits per heavy atom. The van der Waals surface area contributed by atoms with Crippen LogP contribution >= 0.6 is 0 Å². The lowest BCUT2D eigenvalue weighted by atomic mass is 10.1. The second-order valence-electron chi connectivity index (χ2n) is 4.94. The van der Waals surface area contributed by atoms with E-state index in [-0.39, 0.29) is 0 Å². The van der Waals surface area contributed by atoms with Gasteiger partial charge in [0.25, 0.3) is 0 Å². The highest BCUT2D eigenvalue weighted by atomic mass is 15.0. The number of hydrogen-bond donors (Lipinski definition) is 1. The lowest BCUT2D eigenvalue weighted by Gasteiger charge is -2.12. The van der Waals surface area contributed by atoms with E-state index >= 15 is 0 Å². The van der Waals surface area contributed by atoms with Gasteiger partial charge in [-0.3, -0.25) is 0 Å². The van der Waals surface area contributed by atoms with Gasteiger partial charge < -0.3 is 5.32 Å². The van der Waals surface area contributed by atoms with Gasteiger partial charge in [0.05, 0.1) is 0 Å². The largest absolute Gasteiger partial charge is 0.340 e. The van der Waals surface area contributed by atoms with Crippen molar-refractivity contribution in [2.75, 3.05) is 5.32 Å². The van der Waals surface area contributed by atoms with E-state index < -0.39 is 0 Å². The summed E-state index contributed by atoms with van der Waals surface area (Å²) < 4.78 is 0. The summed E-state index contributed by atoms with van der Waals surface area (Å²) in [6.45, 7) is 3.84. The number of benzene rings is 1. The summed E-state index contributed by atoms with van der Waals surface area (Å²) in [6.07, 6.45) is 6.29. The SMILES string of the molecule is C=CCc1cc2c(nc1Nc1ccccc1)CCC2. The van der Waals surface area contributed by atoms with Gasteiger partial charge in [-0.1, -0.05) is 24.3 Å². The lowest BCUT2D eigenvalue weighted by molar-refractivity contribution is 0.900. The summed E-state index contributed by atoms with van der Waals surface area (Å²) in [6, 6.07) is 12.5. The summed E-state index contributed by atoms with van der Waals surface area (Å²) in [5.41, 5.74) is 4.99. The van der Waals surface area contributed by atoms with Crippen LogP contribution in [-0.4, -0.2) is 4.98 Å². The van der Waals surface area contributed by atoms with Gasteiger partial charge in [0.1, 0.15) is 5.82 Å². The molecule has 0 saturated carbocycles. The molecular weight excluding hydrogens is 232 g/mol. The minimum Gasteiger partial charge on any atom is -0.340 e. The predicted octanol–water partition coefficient (Wildman–Crippen LogP) is 4.04. The Labute approximate surface area is 114 Å². The molecule has 0 aliphatic heterocycles. The average molecular weight is 250 g/mol. The molecule has 2 aromatic rings. The molecule has 19 heavy (non-hydrogen) atoms. The average Bonchev–Trinajstić information content (AvgIpc) is 2.88. The number of fused-ring (bicyclic) bond motifs is 1. The number of aromatic nitrogens is 1. The molecule has 2 nitrogen and oxygen atoms in total. The van der Waals surface area contributed by atoms with Gasteiger partial charge in [0, 0.05) is 11.4 Å². The highest BCUT2D eigenvalue weighted by molar-refractivity contribution is 5.60. The van der Waals surface area contributed by atoms with Crippen molar-refractivity contribution in [1.82, 2.24) is 4.98 Å². The summed E-state index contributed by atoms with van der Waals surface area (Å²) >= 11 is 0. The molecular formula is C17H18N2. The molecule has 1 aliphatic carbocycles. The van der Waals surface area contributed by atoms with E-state index in [1.165, 1.54) is 23.2 Å². The number of aryl methyl sites for hydroxylation is 2. The van der Waals surface area contributed by atoms with E-state index in [0.29, 0.717) is 0 Å². The fraction of sp³-hybridized carbons (Fsp3) is 0.235. The van der Waals surface area contributed by atoms with Crippen LogP contribution in [0, 0.1) is 0 Å². The maximum atomic E-state index is 4.81. The fourth-order valence-electron chi connectivity index (χ4n) is 2.60. The first-order chi connectivity index (χ1) is 9.36. The Morgan fingerprint density at radius 3 is 2.84 bits per heavy atom. The number of para-hydroxylation sites is 1. The summed E-state index contributed by atoms with van der Waals surface area (Å²) in [5, 5.41) is 3.43. The standard InChI is InChI=1S/C17H18N2/c1-2-7-14-12-13-8-6-11-16(13)19-17(14)18-15-9-4-3-5-10-15/h2-5,9-10,12H,1,6-8,11H2,(H,18,19). The molecule has 1 N–H and O–H groups in total. The van der Waals surface area contributed by atoms with E-state index in [1.807, 2.05) is 24.3 Å². The van der Waals surface area contributed by atoms with Crippen LogP contribution in [0.3, 0.4) is 0 Å². The van der Waals surface area contributed by atoms with Crippen LogP contribution in [0.5, 0.6) is 0 Å². The van der Waals surface area contributed by atoms with Crippen LogP contribution < -0.4 is 5.32 Å². The first-order valence-corrected chi connectivity index (χ1v) is 6.81. The van der Waals surface area contributed by atoms with Crippen LogP contribution in [0.15, 0.2) is 49.1 Å². The molecule has 3 rings (SSSR count). The smallest absolute Gasteiger partial charge is 0.134 e. The van der Waals surface area contributed by atoms with Crippen LogP contribution in [-0.2, 0) is 19.3 Å². The van der Waals surface area contributed by atoms with Gasteiger partial charge in [0.15, 0.2) is 0 Å². The van der Waals surface area contributed by atoms with Crippen molar-refractivity contribution in [3.8, 4) is 0 Å². The lowest BCUT2D eigenvalue weighted by Crippen LogP contribution is -2.02. The van der Waals surface area contributed by atoms with Gasteiger partial charge in [-0.25, -0.2) is 4.98 Å². The van der Waals surface area contributed by atoms with Crippen molar-refractivity contribution >= 4 is 11.5 Å². The minimum absolute atomic E-state index is 0.857. The zero-order valence-electron chi connectivity index (χ0n) is 11.0. The number of pyridine rings is 1. The molecule has 1 heterocycles. The second kappa shape index (κ2) is 5.27. The normalized spacial score (nSPS) is 13.1. The number of allylic oxidation sites excluding steroid dienone is 1. The molecule has 0 atom stereocenters. The van der Waals surface area contributed by atoms with Crippen LogP contribution in [0.25, 0.3) is 0 Å². The monoisotopic (exact) mass is 250 g/mol. The molecule has 0 radical (unpaired) electrons. The van der Waals surface area contributed by atoms with Crippen molar-refractivity contribution in [1.29, 1.82) is 0 Å². The Morgan fingerprint density at radius 1 is 1.21 bits per heavy atom. The van der Waals surface area contributed by atoms with Gasteiger partial charge >= 0.3 is 0 Å². The third kappa shape index (κ3) is 2.53. The number of nitrogens with one attached hydrogen (secondary N) is 1. The minimum atomic E-state index is 0.857. The molecule has 1 aromatic carbocycles. The summed E-state index contributed by atoms with van der Waals surface area (Å²) in [5.74, 6) is 0.978. The predicted molar refractivity (Wildman–Crippen MR) is 79.9 cm³/mol. The Bertz CT molecular complexity index is 588. The maximum Gasteiger partial charge on any atom is 0.134 e. The topological polar surface area (TPSA) is 24.9 Å². The molecule has 0 fully saturated rings. The molecule has 2 heteroatoms. The number of nitrogens with zero attached hydrogens (tertiary/aromatic N) is 1. The van der Waals surface area contributed by atoms with E-state index in [4.69, 9.17) is 4.98 Å². The molecule has 1 aliphatic rings. The van der Waals surface area contributed by atoms with Crippen molar-refractivity contribution in [2.45, 2.75) is 25.7 Å². The number of hydrogen-bond acceptors (Lipinski definition) is 2. The summed E-state index contributed by atoms with van der Waals surface area (Å²) in [4.78, 5) is 4.81. The Kier molecular flexibility index (Phi) is 3.32. The van der Waals surface area contributed by atoms with Gasteiger partial charge in [-0.15, -0.1) is 6.58 Å². The molecule has 96 valence electrons. The van der Waals surface area contributed by atoms with Gasteiger partial charge in [-0.05, 0) is 55.0 Å². The third-order valence-corrected chi connectivity index (χ3v) is 3.53. The number of anilines is 2. The molecule has 0 bridgehead atoms. The fourth-order valence-corrected chi connectivity index (χ4v) is 2.60. The van der Waals surface area contributed by atoms with Crippen molar-refractivity contribution in [3.05, 3.63) is 65.9 Å². The van der Waals surface area contributed by atoms with E-state index in [2.05, 4.69) is 30.1 Å². The second-order valence-corrected chi connectivity index (χ2v) is 4.94. The first kappa shape index (κ1) is 12.0. The number of rotatable bonds is 4. The molecule has 0 unspecified atom stereocenters. The molecule has 1 aromatic heterocycles. The zero-order chi connectivity index (χ0) is 13.1. The molecule has 0 saturated heterocycles. The Balaban J connectivity index is 1.97. The van der Waals surface area contributed by atoms with Crippen LogP contribution in [0.1, 0.15) is 23.2 Å². The molecule has 0 amide bonds. The van der Waals surface area contributed by atoms with Gasteiger partial charge in [0.2, 0.25) is 0 Å². The van der Waals surface area contributed by atoms with Crippen molar-refractivity contribution < 1.29 is 0 Å². The van der Waals surface area contributed by atoms with E-state index in [9.17, 15) is 0 Å². The van der Waals surface area contributed by atoms with Crippen LogP contribution in [0.2, 0.25) is 0 Å². The third-order valence-electron chi connectivity index (χ3n) is 3.53. The van der Waals surface area contributed by atoms with Crippen molar-refractivity contribution in [2.24, 2.45) is 0 Å². The van der Waals surface area contributed by atoms with Gasteiger partial charge in [-0.2, -0.15) is 0 Å². The molecule has 0 spiro atoms. The summed E-state index contributed by atoms with van der Waals surface area (Å²) in [7, 11) is 0. The highest BCUT2D eigenvalue weighted by Crippen LogP contribution is 2.27.